The molecule has 0 rings (SSSR count). The third-order valence-electron chi connectivity index (χ3n) is 1.96. The number of nitrogens with one attached hydrogen (secondary N) is 2. The molecular formula is C12H25N3O2. The second-order valence-corrected chi connectivity index (χ2v) is 4.85. The van der Waals surface area contributed by atoms with Crippen molar-refractivity contribution in [1.29, 1.82) is 0 Å². The molecule has 1 unspecified atom stereocenters. The fraction of sp³-hybridized carbons (Fsp3) is 0.750. The van der Waals surface area contributed by atoms with Gasteiger partial charge in [0.15, 0.2) is 0 Å². The molecule has 0 aromatic carbocycles. The third-order valence-corrected chi connectivity index (χ3v) is 1.96. The first-order valence-corrected chi connectivity index (χ1v) is 5.90. The third kappa shape index (κ3) is 9.84. The Morgan fingerprint density at radius 3 is 2.65 bits per heavy atom. The van der Waals surface area contributed by atoms with E-state index in [0.29, 0.717) is 13.1 Å². The van der Waals surface area contributed by atoms with E-state index >= 15 is 0 Å². The number of hydrogen-bond acceptors (Lipinski definition) is 4. The van der Waals surface area contributed by atoms with Crippen molar-refractivity contribution in [3.8, 4) is 0 Å². The first kappa shape index (κ1) is 15.9. The molecule has 0 aromatic rings. The Hall–Kier alpha value is -1.07. The lowest BCUT2D eigenvalue weighted by Crippen LogP contribution is -2.46. The Morgan fingerprint density at radius 1 is 1.53 bits per heavy atom. The number of ether oxygens (including phenoxy) is 1. The van der Waals surface area contributed by atoms with Gasteiger partial charge in [-0.25, -0.2) is 4.79 Å². The number of hydrogen-bond donors (Lipinski definition) is 3. The zero-order valence-corrected chi connectivity index (χ0v) is 11.1. The fourth-order valence-electron chi connectivity index (χ4n) is 1.15. The SMILES string of the molecule is C=CCCNC(CN)CNC(=O)OC(C)(C)C. The summed E-state index contributed by atoms with van der Waals surface area (Å²) in [7, 11) is 0. The number of rotatable bonds is 7. The van der Waals surface area contributed by atoms with E-state index in [-0.39, 0.29) is 6.04 Å². The van der Waals surface area contributed by atoms with Gasteiger partial charge < -0.3 is 21.1 Å². The molecule has 17 heavy (non-hydrogen) atoms. The van der Waals surface area contributed by atoms with Crippen molar-refractivity contribution in [2.45, 2.75) is 38.8 Å². The van der Waals surface area contributed by atoms with Gasteiger partial charge in [-0.2, -0.15) is 0 Å². The monoisotopic (exact) mass is 243 g/mol. The van der Waals surface area contributed by atoms with Gasteiger partial charge in [0.1, 0.15) is 5.60 Å². The second kappa shape index (κ2) is 8.08. The summed E-state index contributed by atoms with van der Waals surface area (Å²) in [6, 6.07) is 0.0578. The zero-order chi connectivity index (χ0) is 13.3. The lowest BCUT2D eigenvalue weighted by molar-refractivity contribution is 0.0523. The van der Waals surface area contributed by atoms with E-state index < -0.39 is 11.7 Å². The van der Waals surface area contributed by atoms with E-state index in [4.69, 9.17) is 10.5 Å². The highest BCUT2D eigenvalue weighted by atomic mass is 16.6. The van der Waals surface area contributed by atoms with E-state index in [1.807, 2.05) is 26.8 Å². The minimum atomic E-state index is -0.474. The van der Waals surface area contributed by atoms with Crippen LogP contribution in [0.4, 0.5) is 4.79 Å². The standard InChI is InChI=1S/C12H25N3O2/c1-5-6-7-14-10(8-13)9-15-11(16)17-12(2,3)4/h5,10,14H,1,6-9,13H2,2-4H3,(H,15,16). The van der Waals surface area contributed by atoms with Crippen LogP contribution in [-0.2, 0) is 4.74 Å². The predicted molar refractivity (Wildman–Crippen MR) is 69.9 cm³/mol. The van der Waals surface area contributed by atoms with E-state index in [1.54, 1.807) is 0 Å². The van der Waals surface area contributed by atoms with E-state index in [9.17, 15) is 4.79 Å². The molecule has 0 radical (unpaired) electrons. The largest absolute Gasteiger partial charge is 0.444 e. The van der Waals surface area contributed by atoms with Gasteiger partial charge in [0.25, 0.3) is 0 Å². The number of carbonyl (C=O) groups is 1. The van der Waals surface area contributed by atoms with Crippen LogP contribution in [0.2, 0.25) is 0 Å². The summed E-state index contributed by atoms with van der Waals surface area (Å²) in [4.78, 5) is 11.4. The summed E-state index contributed by atoms with van der Waals surface area (Å²) in [5.41, 5.74) is 5.11. The van der Waals surface area contributed by atoms with E-state index in [1.165, 1.54) is 0 Å². The Labute approximate surface area is 104 Å². The molecule has 5 nitrogen and oxygen atoms in total. The molecular weight excluding hydrogens is 218 g/mol. The lowest BCUT2D eigenvalue weighted by atomic mass is 10.2. The van der Waals surface area contributed by atoms with Gasteiger partial charge in [0.2, 0.25) is 0 Å². The molecule has 0 aliphatic rings. The molecule has 0 spiro atoms. The molecule has 0 bridgehead atoms. The average Bonchev–Trinajstić information content (AvgIpc) is 2.20. The van der Waals surface area contributed by atoms with Crippen LogP contribution in [0.1, 0.15) is 27.2 Å². The minimum Gasteiger partial charge on any atom is -0.444 e. The summed E-state index contributed by atoms with van der Waals surface area (Å²) in [5, 5.41) is 5.91. The van der Waals surface area contributed by atoms with Gasteiger partial charge in [-0.15, -0.1) is 6.58 Å². The molecule has 0 heterocycles. The zero-order valence-electron chi connectivity index (χ0n) is 11.1. The van der Waals surface area contributed by atoms with Crippen LogP contribution in [0.15, 0.2) is 12.7 Å². The van der Waals surface area contributed by atoms with Crippen molar-refractivity contribution in [2.24, 2.45) is 5.73 Å². The van der Waals surface area contributed by atoms with Crippen molar-refractivity contribution >= 4 is 6.09 Å². The average molecular weight is 243 g/mol. The molecule has 5 heteroatoms. The molecule has 0 aromatic heterocycles. The van der Waals surface area contributed by atoms with Crippen molar-refractivity contribution in [2.75, 3.05) is 19.6 Å². The lowest BCUT2D eigenvalue weighted by Gasteiger charge is -2.22. The molecule has 0 saturated heterocycles. The Kier molecular flexibility index (Phi) is 7.58. The molecule has 0 saturated carbocycles. The molecule has 1 atom stereocenters. The Balaban J connectivity index is 3.81. The van der Waals surface area contributed by atoms with Gasteiger partial charge in [0, 0.05) is 19.1 Å². The highest BCUT2D eigenvalue weighted by molar-refractivity contribution is 5.67. The van der Waals surface area contributed by atoms with Crippen LogP contribution in [0.5, 0.6) is 0 Å². The molecule has 100 valence electrons. The van der Waals surface area contributed by atoms with Gasteiger partial charge in [-0.3, -0.25) is 0 Å². The van der Waals surface area contributed by atoms with Crippen LogP contribution in [-0.4, -0.2) is 37.4 Å². The van der Waals surface area contributed by atoms with Crippen LogP contribution in [0.25, 0.3) is 0 Å². The van der Waals surface area contributed by atoms with Crippen molar-refractivity contribution in [3.63, 3.8) is 0 Å². The van der Waals surface area contributed by atoms with E-state index in [2.05, 4.69) is 17.2 Å². The van der Waals surface area contributed by atoms with Crippen molar-refractivity contribution < 1.29 is 9.53 Å². The highest BCUT2D eigenvalue weighted by Crippen LogP contribution is 2.06. The molecule has 4 N–H and O–H groups in total. The van der Waals surface area contributed by atoms with Crippen LogP contribution in [0, 0.1) is 0 Å². The summed E-state index contributed by atoms with van der Waals surface area (Å²) < 4.78 is 5.12. The van der Waals surface area contributed by atoms with E-state index in [0.717, 1.165) is 13.0 Å². The normalized spacial score (nSPS) is 12.9. The van der Waals surface area contributed by atoms with Gasteiger partial charge in [-0.1, -0.05) is 6.08 Å². The highest BCUT2D eigenvalue weighted by Gasteiger charge is 2.16. The maximum atomic E-state index is 11.4. The minimum absolute atomic E-state index is 0.0578. The molecule has 0 aliphatic heterocycles. The molecule has 0 fully saturated rings. The van der Waals surface area contributed by atoms with Crippen molar-refractivity contribution in [1.82, 2.24) is 10.6 Å². The molecule has 0 aliphatic carbocycles. The first-order chi connectivity index (χ1) is 7.89. The number of amides is 1. The second-order valence-electron chi connectivity index (χ2n) is 4.85. The number of nitrogens with two attached hydrogens (primary N) is 1. The van der Waals surface area contributed by atoms with Gasteiger partial charge >= 0.3 is 6.09 Å². The Morgan fingerprint density at radius 2 is 2.18 bits per heavy atom. The van der Waals surface area contributed by atoms with Crippen LogP contribution < -0.4 is 16.4 Å². The summed E-state index contributed by atoms with van der Waals surface area (Å²) in [5.74, 6) is 0. The van der Waals surface area contributed by atoms with Gasteiger partial charge in [-0.05, 0) is 33.7 Å². The van der Waals surface area contributed by atoms with Crippen molar-refractivity contribution in [3.05, 3.63) is 12.7 Å². The number of alkyl carbamates (subject to hydrolysis) is 1. The topological polar surface area (TPSA) is 76.4 Å². The quantitative estimate of drug-likeness (QED) is 0.460. The van der Waals surface area contributed by atoms with Crippen LogP contribution in [0.3, 0.4) is 0 Å². The van der Waals surface area contributed by atoms with Gasteiger partial charge in [0.05, 0.1) is 0 Å². The molecule has 1 amide bonds. The fourth-order valence-corrected chi connectivity index (χ4v) is 1.15. The maximum Gasteiger partial charge on any atom is 0.407 e. The predicted octanol–water partition coefficient (Wildman–Crippen LogP) is 1.00. The van der Waals surface area contributed by atoms with Crippen LogP contribution >= 0.6 is 0 Å². The Bertz CT molecular complexity index is 236. The number of carbonyl (C=O) groups excluding carboxylic acids is 1. The summed E-state index contributed by atoms with van der Waals surface area (Å²) >= 11 is 0. The summed E-state index contributed by atoms with van der Waals surface area (Å²) in [6.45, 7) is 10.9. The smallest absolute Gasteiger partial charge is 0.407 e. The maximum absolute atomic E-state index is 11.4. The summed E-state index contributed by atoms with van der Waals surface area (Å²) in [6.07, 6.45) is 2.30. The first-order valence-electron chi connectivity index (χ1n) is 5.90.